The molecule has 0 bridgehead atoms. The first kappa shape index (κ1) is 12.1. The number of hydrogen-bond donors (Lipinski definition) is 1. The number of methoxy groups -OCH3 is 1. The molecule has 0 saturated carbocycles. The fourth-order valence-corrected chi connectivity index (χ4v) is 2.24. The normalized spacial score (nSPS) is 25.2. The minimum atomic E-state index is -0.786. The van der Waals surface area contributed by atoms with Crippen molar-refractivity contribution in [1.29, 1.82) is 0 Å². The molecule has 1 aromatic rings. The summed E-state index contributed by atoms with van der Waals surface area (Å²) in [5, 5.41) is 9.21. The van der Waals surface area contributed by atoms with Crippen molar-refractivity contribution in [1.82, 2.24) is 9.88 Å². The maximum Gasteiger partial charge on any atom is 0.308 e. The topological polar surface area (TPSA) is 75.8 Å². The van der Waals surface area contributed by atoms with E-state index in [2.05, 4.69) is 9.88 Å². The van der Waals surface area contributed by atoms with Gasteiger partial charge in [-0.1, -0.05) is 0 Å². The van der Waals surface area contributed by atoms with Gasteiger partial charge in [-0.05, 0) is 0 Å². The van der Waals surface area contributed by atoms with E-state index in [0.717, 1.165) is 6.54 Å². The third kappa shape index (κ3) is 2.65. The van der Waals surface area contributed by atoms with E-state index in [4.69, 9.17) is 9.15 Å². The fourth-order valence-electron chi connectivity index (χ4n) is 2.24. The summed E-state index contributed by atoms with van der Waals surface area (Å²) in [7, 11) is 1.64. The molecule has 0 aliphatic carbocycles. The molecule has 94 valence electrons. The molecule has 2 heterocycles. The quantitative estimate of drug-likeness (QED) is 0.804. The smallest absolute Gasteiger partial charge is 0.308 e. The predicted octanol–water partition coefficient (Wildman–Crippen LogP) is 0.421. The zero-order valence-corrected chi connectivity index (χ0v) is 9.70. The third-order valence-corrected chi connectivity index (χ3v) is 3.14. The van der Waals surface area contributed by atoms with Crippen molar-refractivity contribution < 1.29 is 19.1 Å². The molecule has 0 radical (unpaired) electrons. The van der Waals surface area contributed by atoms with Crippen molar-refractivity contribution in [2.24, 2.45) is 5.92 Å². The Hall–Kier alpha value is -1.40. The van der Waals surface area contributed by atoms with Crippen LogP contribution in [0.25, 0.3) is 0 Å². The number of hydrogen-bond acceptors (Lipinski definition) is 5. The Morgan fingerprint density at radius 2 is 2.53 bits per heavy atom. The molecule has 2 atom stereocenters. The molecule has 1 saturated heterocycles. The second-order valence-electron chi connectivity index (χ2n) is 4.21. The Labute approximate surface area is 99.2 Å². The summed E-state index contributed by atoms with van der Waals surface area (Å²) in [6.07, 6.45) is 2.94. The van der Waals surface area contributed by atoms with Crippen molar-refractivity contribution in [3.63, 3.8) is 0 Å². The number of nitrogens with zero attached hydrogens (tertiary/aromatic N) is 2. The molecule has 0 unspecified atom stereocenters. The van der Waals surface area contributed by atoms with Gasteiger partial charge in [0.05, 0.1) is 18.7 Å². The van der Waals surface area contributed by atoms with E-state index < -0.39 is 11.9 Å². The highest BCUT2D eigenvalue weighted by molar-refractivity contribution is 5.72. The van der Waals surface area contributed by atoms with Gasteiger partial charge in [0.1, 0.15) is 5.76 Å². The Morgan fingerprint density at radius 3 is 3.12 bits per heavy atom. The first-order chi connectivity index (χ1) is 8.22. The number of oxazole rings is 1. The molecular formula is C11H16N2O4. The third-order valence-electron chi connectivity index (χ3n) is 3.14. The van der Waals surface area contributed by atoms with E-state index in [1.165, 1.54) is 6.39 Å². The number of carbonyl (C=O) groups is 1. The van der Waals surface area contributed by atoms with Gasteiger partial charge < -0.3 is 14.3 Å². The number of carboxylic acid groups (broad SMARTS) is 1. The molecule has 0 spiro atoms. The SMILES string of the molecule is COCCN1C[C@H](C(=O)O)[C@@H](c2cnco2)C1. The van der Waals surface area contributed by atoms with Crippen LogP contribution in [0.4, 0.5) is 0 Å². The zero-order valence-electron chi connectivity index (χ0n) is 9.70. The van der Waals surface area contributed by atoms with E-state index in [9.17, 15) is 9.90 Å². The molecule has 1 aliphatic heterocycles. The lowest BCUT2D eigenvalue weighted by Crippen LogP contribution is -2.26. The van der Waals surface area contributed by atoms with Gasteiger partial charge in [-0.2, -0.15) is 0 Å². The summed E-state index contributed by atoms with van der Waals surface area (Å²) in [4.78, 5) is 17.1. The molecule has 1 aliphatic rings. The van der Waals surface area contributed by atoms with Crippen molar-refractivity contribution in [2.75, 3.05) is 33.4 Å². The lowest BCUT2D eigenvalue weighted by Gasteiger charge is -2.13. The van der Waals surface area contributed by atoms with Crippen molar-refractivity contribution in [3.8, 4) is 0 Å². The Balaban J connectivity index is 2.06. The molecule has 1 fully saturated rings. The Kier molecular flexibility index (Phi) is 3.75. The number of ether oxygens (including phenoxy) is 1. The monoisotopic (exact) mass is 240 g/mol. The van der Waals surface area contributed by atoms with Crippen LogP contribution in [-0.2, 0) is 9.53 Å². The average Bonchev–Trinajstić information content (AvgIpc) is 2.94. The van der Waals surface area contributed by atoms with Gasteiger partial charge in [0, 0.05) is 32.7 Å². The van der Waals surface area contributed by atoms with Gasteiger partial charge in [-0.25, -0.2) is 4.98 Å². The molecule has 6 heteroatoms. The van der Waals surface area contributed by atoms with Gasteiger partial charge in [0.25, 0.3) is 0 Å². The largest absolute Gasteiger partial charge is 0.481 e. The zero-order chi connectivity index (χ0) is 12.3. The van der Waals surface area contributed by atoms with Crippen LogP contribution in [0.5, 0.6) is 0 Å². The highest BCUT2D eigenvalue weighted by Crippen LogP contribution is 2.32. The summed E-state index contributed by atoms with van der Waals surface area (Å²) in [6.45, 7) is 2.56. The molecule has 0 aromatic carbocycles. The van der Waals surface area contributed by atoms with Crippen LogP contribution in [0.3, 0.4) is 0 Å². The number of rotatable bonds is 5. The minimum Gasteiger partial charge on any atom is -0.481 e. The number of aliphatic carboxylic acids is 1. The second-order valence-corrected chi connectivity index (χ2v) is 4.21. The fraction of sp³-hybridized carbons (Fsp3) is 0.636. The van der Waals surface area contributed by atoms with Crippen LogP contribution in [-0.4, -0.2) is 54.3 Å². The second kappa shape index (κ2) is 5.29. The average molecular weight is 240 g/mol. The summed E-state index contributed by atoms with van der Waals surface area (Å²) in [5.74, 6) is -0.685. The number of aromatic nitrogens is 1. The number of carboxylic acids is 1. The highest BCUT2D eigenvalue weighted by atomic mass is 16.5. The van der Waals surface area contributed by atoms with Crippen LogP contribution in [0.2, 0.25) is 0 Å². The number of likely N-dealkylation sites (tertiary alicyclic amines) is 1. The van der Waals surface area contributed by atoms with Gasteiger partial charge in [0.2, 0.25) is 0 Å². The molecule has 1 aromatic heterocycles. The standard InChI is InChI=1S/C11H16N2O4/c1-16-3-2-13-5-8(9(6-13)11(14)15)10-4-12-7-17-10/h4,7-9H,2-3,5-6H2,1H3,(H,14,15)/t8-,9-/m0/s1. The molecule has 1 N–H and O–H groups in total. The van der Waals surface area contributed by atoms with Gasteiger partial charge in [-0.3, -0.25) is 9.69 Å². The van der Waals surface area contributed by atoms with Gasteiger partial charge >= 0.3 is 5.97 Å². The van der Waals surface area contributed by atoms with Crippen LogP contribution in [0.1, 0.15) is 11.7 Å². The van der Waals surface area contributed by atoms with E-state index in [1.807, 2.05) is 0 Å². The Bertz CT molecular complexity index is 366. The summed E-state index contributed by atoms with van der Waals surface area (Å²) in [6, 6.07) is 0. The van der Waals surface area contributed by atoms with Crippen molar-refractivity contribution in [2.45, 2.75) is 5.92 Å². The lowest BCUT2D eigenvalue weighted by atomic mass is 9.94. The van der Waals surface area contributed by atoms with E-state index in [1.54, 1.807) is 13.3 Å². The molecular weight excluding hydrogens is 224 g/mol. The lowest BCUT2D eigenvalue weighted by molar-refractivity contribution is -0.141. The van der Waals surface area contributed by atoms with Crippen molar-refractivity contribution >= 4 is 5.97 Å². The minimum absolute atomic E-state index is 0.119. The first-order valence-corrected chi connectivity index (χ1v) is 5.55. The van der Waals surface area contributed by atoms with Gasteiger partial charge in [0.15, 0.2) is 6.39 Å². The summed E-state index contributed by atoms with van der Waals surface area (Å²) in [5.41, 5.74) is 0. The van der Waals surface area contributed by atoms with Crippen LogP contribution in [0.15, 0.2) is 17.0 Å². The van der Waals surface area contributed by atoms with Crippen LogP contribution >= 0.6 is 0 Å². The molecule has 2 rings (SSSR count). The van der Waals surface area contributed by atoms with E-state index in [0.29, 0.717) is 25.5 Å². The van der Waals surface area contributed by atoms with E-state index in [-0.39, 0.29) is 5.92 Å². The van der Waals surface area contributed by atoms with E-state index >= 15 is 0 Å². The van der Waals surface area contributed by atoms with Gasteiger partial charge in [-0.15, -0.1) is 0 Å². The van der Waals surface area contributed by atoms with Crippen LogP contribution < -0.4 is 0 Å². The maximum absolute atomic E-state index is 11.2. The first-order valence-electron chi connectivity index (χ1n) is 5.55. The molecule has 6 nitrogen and oxygen atoms in total. The Morgan fingerprint density at radius 1 is 1.71 bits per heavy atom. The highest BCUT2D eigenvalue weighted by Gasteiger charge is 2.39. The summed E-state index contributed by atoms with van der Waals surface area (Å²) < 4.78 is 10.2. The molecule has 0 amide bonds. The molecule has 17 heavy (non-hydrogen) atoms. The maximum atomic E-state index is 11.2. The summed E-state index contributed by atoms with van der Waals surface area (Å²) >= 11 is 0. The van der Waals surface area contributed by atoms with Crippen molar-refractivity contribution in [3.05, 3.63) is 18.4 Å². The predicted molar refractivity (Wildman–Crippen MR) is 58.7 cm³/mol. The van der Waals surface area contributed by atoms with Crippen LogP contribution in [0, 0.1) is 5.92 Å².